The lowest BCUT2D eigenvalue weighted by Crippen LogP contribution is -2.39. The van der Waals surface area contributed by atoms with Gasteiger partial charge in [0.1, 0.15) is 5.75 Å². The van der Waals surface area contributed by atoms with Crippen LogP contribution in [0.1, 0.15) is 23.7 Å². The van der Waals surface area contributed by atoms with Gasteiger partial charge in [-0.1, -0.05) is 36.4 Å². The number of ether oxygens (including phenoxy) is 1. The molecule has 0 radical (unpaired) electrons. The summed E-state index contributed by atoms with van der Waals surface area (Å²) in [6.07, 6.45) is 0.486. The number of amides is 2. The van der Waals surface area contributed by atoms with Gasteiger partial charge in [0, 0.05) is 37.8 Å². The summed E-state index contributed by atoms with van der Waals surface area (Å²) in [4.78, 5) is 29.0. The van der Waals surface area contributed by atoms with Gasteiger partial charge >= 0.3 is 0 Å². The third-order valence-electron chi connectivity index (χ3n) is 6.06. The Kier molecular flexibility index (Phi) is 6.00. The van der Waals surface area contributed by atoms with Crippen molar-refractivity contribution >= 4 is 27.3 Å². The van der Waals surface area contributed by atoms with E-state index in [4.69, 9.17) is 4.74 Å². The number of hydrogen-bond acceptors (Lipinski definition) is 5. The van der Waals surface area contributed by atoms with Gasteiger partial charge in [0.05, 0.1) is 24.0 Å². The highest BCUT2D eigenvalue weighted by Crippen LogP contribution is 2.32. The Morgan fingerprint density at radius 2 is 1.84 bits per heavy atom. The van der Waals surface area contributed by atoms with Crippen molar-refractivity contribution < 1.29 is 22.7 Å². The van der Waals surface area contributed by atoms with Crippen LogP contribution in [0.2, 0.25) is 0 Å². The molecular formula is C23H26N2O5S. The van der Waals surface area contributed by atoms with Crippen LogP contribution in [-0.2, 0) is 19.4 Å². The number of hydrogen-bond donors (Lipinski definition) is 0. The lowest BCUT2D eigenvalue weighted by atomic mass is 10.1. The van der Waals surface area contributed by atoms with Crippen molar-refractivity contribution in [3.63, 3.8) is 0 Å². The maximum atomic E-state index is 13.2. The second kappa shape index (κ2) is 8.70. The fraction of sp³-hybridized carbons (Fsp3) is 0.391. The lowest BCUT2D eigenvalue weighted by Gasteiger charge is -2.24. The fourth-order valence-electron chi connectivity index (χ4n) is 4.37. The first-order valence-electron chi connectivity index (χ1n) is 10.4. The first-order chi connectivity index (χ1) is 14.9. The third kappa shape index (κ3) is 4.44. The Morgan fingerprint density at radius 1 is 1.06 bits per heavy atom. The Morgan fingerprint density at radius 3 is 2.58 bits per heavy atom. The molecule has 2 saturated heterocycles. The molecule has 2 aliphatic heterocycles. The van der Waals surface area contributed by atoms with Crippen molar-refractivity contribution in [1.29, 1.82) is 0 Å². The average molecular weight is 443 g/mol. The molecule has 0 bridgehead atoms. The van der Waals surface area contributed by atoms with Crippen molar-refractivity contribution in [3.05, 3.63) is 60.2 Å². The lowest BCUT2D eigenvalue weighted by molar-refractivity contribution is -0.135. The van der Waals surface area contributed by atoms with Gasteiger partial charge in [-0.3, -0.25) is 9.59 Å². The zero-order valence-electron chi connectivity index (χ0n) is 17.4. The molecule has 0 unspecified atom stereocenters. The van der Waals surface area contributed by atoms with E-state index < -0.39 is 21.0 Å². The topological polar surface area (TPSA) is 84.0 Å². The molecule has 2 aromatic carbocycles. The van der Waals surface area contributed by atoms with E-state index >= 15 is 0 Å². The first kappa shape index (κ1) is 21.4. The van der Waals surface area contributed by atoms with Crippen LogP contribution in [0.3, 0.4) is 0 Å². The predicted molar refractivity (Wildman–Crippen MR) is 118 cm³/mol. The minimum atomic E-state index is -3.36. The summed E-state index contributed by atoms with van der Waals surface area (Å²) in [5.41, 5.74) is 1.46. The van der Waals surface area contributed by atoms with Crippen LogP contribution in [0.15, 0.2) is 54.6 Å². The van der Waals surface area contributed by atoms with Crippen LogP contribution < -0.4 is 9.64 Å². The van der Waals surface area contributed by atoms with Crippen LogP contribution in [0.25, 0.3) is 0 Å². The summed E-state index contributed by atoms with van der Waals surface area (Å²) in [5, 5.41) is -0.606. The fourth-order valence-corrected chi connectivity index (χ4v) is 6.16. The molecule has 2 aliphatic rings. The predicted octanol–water partition coefficient (Wildman–Crippen LogP) is 2.44. The summed E-state index contributed by atoms with van der Waals surface area (Å²) in [6, 6.07) is 16.3. The largest absolute Gasteiger partial charge is 0.497 e. The molecule has 7 nitrogen and oxygen atoms in total. The normalized spacial score (nSPS) is 23.5. The van der Waals surface area contributed by atoms with E-state index in [0.717, 1.165) is 5.56 Å². The van der Waals surface area contributed by atoms with Crippen LogP contribution in [0.5, 0.6) is 5.75 Å². The number of anilines is 1. The molecule has 31 heavy (non-hydrogen) atoms. The summed E-state index contributed by atoms with van der Waals surface area (Å²) in [5.74, 6) is -0.170. The van der Waals surface area contributed by atoms with Gasteiger partial charge in [-0.15, -0.1) is 0 Å². The Balaban J connectivity index is 1.47. The number of nitrogens with zero attached hydrogens (tertiary/aromatic N) is 2. The summed E-state index contributed by atoms with van der Waals surface area (Å²) < 4.78 is 30.9. The van der Waals surface area contributed by atoms with Crippen molar-refractivity contribution in [2.75, 3.05) is 37.4 Å². The number of carbonyl (C=O) groups is 2. The molecule has 164 valence electrons. The van der Waals surface area contributed by atoms with Crippen LogP contribution in [0, 0.1) is 5.92 Å². The maximum Gasteiger partial charge on any atom is 0.228 e. The minimum Gasteiger partial charge on any atom is -0.497 e. The van der Waals surface area contributed by atoms with Crippen LogP contribution >= 0.6 is 0 Å². The quantitative estimate of drug-likeness (QED) is 0.726. The number of benzene rings is 2. The molecule has 2 atom stereocenters. The van der Waals surface area contributed by atoms with E-state index in [1.54, 1.807) is 35.1 Å². The van der Waals surface area contributed by atoms with E-state index in [1.165, 1.54) is 0 Å². The van der Waals surface area contributed by atoms with Gasteiger partial charge in [0.2, 0.25) is 11.8 Å². The molecule has 2 heterocycles. The van der Waals surface area contributed by atoms with Crippen molar-refractivity contribution in [2.24, 2.45) is 5.92 Å². The smallest absolute Gasteiger partial charge is 0.228 e. The molecule has 0 N–H and O–H groups in total. The number of rotatable bonds is 4. The second-order valence-electron chi connectivity index (χ2n) is 7.99. The highest BCUT2D eigenvalue weighted by atomic mass is 32.2. The summed E-state index contributed by atoms with van der Waals surface area (Å²) >= 11 is 0. The molecular weight excluding hydrogens is 416 g/mol. The maximum absolute atomic E-state index is 13.2. The van der Waals surface area contributed by atoms with Gasteiger partial charge in [0.25, 0.3) is 0 Å². The highest BCUT2D eigenvalue weighted by Gasteiger charge is 2.39. The Labute approximate surface area is 182 Å². The van der Waals surface area contributed by atoms with Crippen LogP contribution in [0.4, 0.5) is 5.69 Å². The van der Waals surface area contributed by atoms with Crippen molar-refractivity contribution in [1.82, 2.24) is 4.90 Å². The van der Waals surface area contributed by atoms with E-state index in [0.29, 0.717) is 24.4 Å². The molecule has 2 aromatic rings. The Hall–Kier alpha value is -2.87. The highest BCUT2D eigenvalue weighted by molar-refractivity contribution is 7.91. The van der Waals surface area contributed by atoms with E-state index in [1.807, 2.05) is 36.4 Å². The molecule has 0 aromatic heterocycles. The molecule has 0 aliphatic carbocycles. The van der Waals surface area contributed by atoms with Gasteiger partial charge in [0.15, 0.2) is 9.84 Å². The van der Waals surface area contributed by atoms with E-state index in [2.05, 4.69) is 0 Å². The van der Waals surface area contributed by atoms with Crippen LogP contribution in [-0.4, -0.2) is 57.6 Å². The van der Waals surface area contributed by atoms with E-state index in [9.17, 15) is 18.0 Å². The second-order valence-corrected chi connectivity index (χ2v) is 10.3. The minimum absolute atomic E-state index is 0.0709. The number of sulfone groups is 1. The van der Waals surface area contributed by atoms with Gasteiger partial charge in [-0.05, 0) is 24.1 Å². The zero-order chi connectivity index (χ0) is 22.0. The third-order valence-corrected chi connectivity index (χ3v) is 8.19. The Bertz CT molecular complexity index is 1070. The number of methoxy groups -OCH3 is 1. The SMILES string of the molecule is COc1cccc(N2C[C@@H](C(=O)N3CC[C@H](c4ccccc4)S(=O)(=O)CC3)CC2=O)c1. The van der Waals surface area contributed by atoms with Crippen molar-refractivity contribution in [2.45, 2.75) is 18.1 Å². The standard InChI is InChI=1S/C23H26N2O5S/c1-30-20-9-5-8-19(15-20)25-16-18(14-22(25)26)23(27)24-11-10-21(31(28,29)13-12-24)17-6-3-2-4-7-17/h2-9,15,18,21H,10-14,16H2,1H3/t18-,21+/m0/s1. The monoisotopic (exact) mass is 442 g/mol. The van der Waals surface area contributed by atoms with Gasteiger partial charge < -0.3 is 14.5 Å². The van der Waals surface area contributed by atoms with E-state index in [-0.39, 0.29) is 37.1 Å². The summed E-state index contributed by atoms with van der Waals surface area (Å²) in [7, 11) is -1.80. The first-order valence-corrected chi connectivity index (χ1v) is 12.1. The molecule has 8 heteroatoms. The molecule has 4 rings (SSSR count). The summed E-state index contributed by atoms with van der Waals surface area (Å²) in [6.45, 7) is 0.812. The molecule has 2 fully saturated rings. The van der Waals surface area contributed by atoms with Gasteiger partial charge in [-0.25, -0.2) is 8.42 Å². The zero-order valence-corrected chi connectivity index (χ0v) is 18.3. The molecule has 0 spiro atoms. The molecule has 2 amide bonds. The number of carbonyl (C=O) groups excluding carboxylic acids is 2. The van der Waals surface area contributed by atoms with Crippen molar-refractivity contribution in [3.8, 4) is 5.75 Å². The van der Waals surface area contributed by atoms with Gasteiger partial charge in [-0.2, -0.15) is 0 Å². The average Bonchev–Trinajstić information content (AvgIpc) is 3.09. The molecule has 0 saturated carbocycles.